The molecule has 0 bridgehead atoms. The third kappa shape index (κ3) is 5.30. The Morgan fingerprint density at radius 1 is 1.42 bits per heavy atom. The number of Topliss-reactive ketones (excluding diaryl/α,β-unsaturated/α-hetero) is 1. The Hall–Kier alpha value is -1.55. The lowest BCUT2D eigenvalue weighted by molar-refractivity contribution is -0.259. The lowest BCUT2D eigenvalue weighted by Gasteiger charge is -2.29. The van der Waals surface area contributed by atoms with Crippen LogP contribution in [0.2, 0.25) is 5.02 Å². The zero-order valence-corrected chi connectivity index (χ0v) is 12.2. The molecule has 5 heteroatoms. The molecule has 104 valence electrons. The number of carbonyl (C=O) groups is 1. The first-order chi connectivity index (χ1) is 8.69. The molecular formula is C14H17ClNO3-. The molecule has 0 aliphatic rings. The van der Waals surface area contributed by atoms with Crippen molar-refractivity contribution in [1.82, 2.24) is 0 Å². The first-order valence-electron chi connectivity index (χ1n) is 5.90. The number of ketones is 1. The molecule has 1 aromatic rings. The summed E-state index contributed by atoms with van der Waals surface area (Å²) in [7, 11) is 0. The highest BCUT2D eigenvalue weighted by molar-refractivity contribution is 6.32. The molecule has 0 atom stereocenters. The molecule has 0 heterocycles. The first kappa shape index (κ1) is 15.5. The fourth-order valence-electron chi connectivity index (χ4n) is 1.46. The van der Waals surface area contributed by atoms with E-state index in [9.17, 15) is 9.90 Å². The predicted molar refractivity (Wildman–Crippen MR) is 73.8 cm³/mol. The van der Waals surface area contributed by atoms with Crippen LogP contribution in [0.15, 0.2) is 23.2 Å². The molecule has 0 amide bonds. The summed E-state index contributed by atoms with van der Waals surface area (Å²) in [4.78, 5) is 15.1. The van der Waals surface area contributed by atoms with Crippen molar-refractivity contribution in [3.8, 4) is 0 Å². The highest BCUT2D eigenvalue weighted by Crippen LogP contribution is 2.27. The van der Waals surface area contributed by atoms with Crippen LogP contribution < -0.4 is 5.11 Å². The maximum absolute atomic E-state index is 11.7. The van der Waals surface area contributed by atoms with E-state index in [2.05, 4.69) is 4.99 Å². The average molecular weight is 283 g/mol. The molecule has 0 radical (unpaired) electrons. The minimum absolute atomic E-state index is 0.0475. The van der Waals surface area contributed by atoms with Crippen molar-refractivity contribution in [2.45, 2.75) is 39.7 Å². The van der Waals surface area contributed by atoms with Gasteiger partial charge in [0.15, 0.2) is 6.08 Å². The molecule has 1 rings (SSSR count). The van der Waals surface area contributed by atoms with Crippen molar-refractivity contribution in [3.63, 3.8) is 0 Å². The van der Waals surface area contributed by atoms with Crippen LogP contribution in [0.1, 0.15) is 33.3 Å². The van der Waals surface area contributed by atoms with Crippen molar-refractivity contribution in [2.24, 2.45) is 4.99 Å². The van der Waals surface area contributed by atoms with Crippen molar-refractivity contribution < 1.29 is 14.6 Å². The highest BCUT2D eigenvalue weighted by Gasteiger charge is 2.10. The maximum Gasteiger partial charge on any atom is 0.151 e. The van der Waals surface area contributed by atoms with E-state index < -0.39 is 11.7 Å². The van der Waals surface area contributed by atoms with E-state index in [-0.39, 0.29) is 12.2 Å². The molecule has 0 aromatic heterocycles. The van der Waals surface area contributed by atoms with Crippen molar-refractivity contribution >= 4 is 29.2 Å². The van der Waals surface area contributed by atoms with Crippen LogP contribution in [0.25, 0.3) is 0 Å². The van der Waals surface area contributed by atoms with Gasteiger partial charge in [0.25, 0.3) is 0 Å². The van der Waals surface area contributed by atoms with Crippen LogP contribution >= 0.6 is 11.6 Å². The number of hydrogen-bond acceptors (Lipinski definition) is 4. The van der Waals surface area contributed by atoms with Gasteiger partial charge in [0.2, 0.25) is 0 Å². The van der Waals surface area contributed by atoms with Crippen LogP contribution in [0, 0.1) is 0 Å². The number of benzene rings is 1. The quantitative estimate of drug-likeness (QED) is 0.632. The summed E-state index contributed by atoms with van der Waals surface area (Å²) in [5, 5.41) is 12.1. The molecule has 0 aliphatic carbocycles. The van der Waals surface area contributed by atoms with Gasteiger partial charge in [-0.15, -0.1) is 0 Å². The Bertz CT molecular complexity index is 504. The number of carbonyl (C=O) groups excluding carboxylic acids is 1. The fraction of sp³-hybridized carbons (Fsp3) is 0.429. The molecule has 19 heavy (non-hydrogen) atoms. The third-order valence-electron chi connectivity index (χ3n) is 2.13. The Labute approximate surface area is 118 Å². The van der Waals surface area contributed by atoms with Gasteiger partial charge in [0.05, 0.1) is 5.69 Å². The molecule has 0 fully saturated rings. The lowest BCUT2D eigenvalue weighted by Crippen LogP contribution is -2.31. The second-order valence-electron chi connectivity index (χ2n) is 5.21. The zero-order chi connectivity index (χ0) is 14.6. The highest BCUT2D eigenvalue weighted by atomic mass is 35.5. The summed E-state index contributed by atoms with van der Waals surface area (Å²) >= 11 is 6.03. The maximum atomic E-state index is 11.7. The van der Waals surface area contributed by atoms with E-state index in [0.717, 1.165) is 0 Å². The van der Waals surface area contributed by atoms with Crippen molar-refractivity contribution in [1.29, 1.82) is 0 Å². The SMILES string of the molecule is CC(=O)Cc1c(Cl)cccc1N=C([O-])OC(C)(C)C. The third-order valence-corrected chi connectivity index (χ3v) is 2.48. The Balaban J connectivity index is 3.10. The van der Waals surface area contributed by atoms with Crippen LogP contribution in [0.5, 0.6) is 0 Å². The number of nitrogens with zero attached hydrogens (tertiary/aromatic N) is 1. The summed E-state index contributed by atoms with van der Waals surface area (Å²) in [5.41, 5.74) is 0.305. The number of ether oxygens (including phenoxy) is 1. The largest absolute Gasteiger partial charge is 0.594 e. The summed E-state index contributed by atoms with van der Waals surface area (Å²) in [5.74, 6) is -0.0475. The normalized spacial score (nSPS) is 12.4. The Morgan fingerprint density at radius 3 is 2.58 bits per heavy atom. The van der Waals surface area contributed by atoms with Crippen LogP contribution in [0.3, 0.4) is 0 Å². The van der Waals surface area contributed by atoms with Gasteiger partial charge in [-0.2, -0.15) is 0 Å². The topological polar surface area (TPSA) is 61.7 Å². The lowest BCUT2D eigenvalue weighted by atomic mass is 10.1. The van der Waals surface area contributed by atoms with Crippen LogP contribution in [-0.2, 0) is 16.0 Å². The number of halogens is 1. The summed E-state index contributed by atoms with van der Waals surface area (Å²) < 4.78 is 5.11. The van der Waals surface area contributed by atoms with Gasteiger partial charge in [-0.3, -0.25) is 4.79 Å². The van der Waals surface area contributed by atoms with Gasteiger partial charge >= 0.3 is 0 Å². The molecule has 0 unspecified atom stereocenters. The number of hydrogen-bond donors (Lipinski definition) is 0. The minimum Gasteiger partial charge on any atom is -0.594 e. The fourth-order valence-corrected chi connectivity index (χ4v) is 1.70. The minimum atomic E-state index is -0.695. The molecule has 0 aliphatic heterocycles. The van der Waals surface area contributed by atoms with Crippen LogP contribution in [-0.4, -0.2) is 17.5 Å². The zero-order valence-electron chi connectivity index (χ0n) is 11.5. The predicted octanol–water partition coefficient (Wildman–Crippen LogP) is 2.63. The first-order valence-corrected chi connectivity index (χ1v) is 6.28. The summed E-state index contributed by atoms with van der Waals surface area (Å²) in [6, 6.07) is 4.97. The number of rotatable bonds is 3. The van der Waals surface area contributed by atoms with Gasteiger partial charge < -0.3 is 9.84 Å². The van der Waals surface area contributed by atoms with E-state index in [0.29, 0.717) is 16.3 Å². The van der Waals surface area contributed by atoms with E-state index in [4.69, 9.17) is 16.3 Å². The molecule has 1 aromatic carbocycles. The van der Waals surface area contributed by atoms with Gasteiger partial charge in [-0.1, -0.05) is 38.4 Å². The molecule has 0 N–H and O–H groups in total. The van der Waals surface area contributed by atoms with E-state index in [1.807, 2.05) is 0 Å². The standard InChI is InChI=1S/C14H18ClNO3/c1-9(17)8-10-11(15)6-5-7-12(10)16-13(18)19-14(2,3)4/h5-7H,8H2,1-4H3,(H,16,18)/p-1. The van der Waals surface area contributed by atoms with Gasteiger partial charge in [0, 0.05) is 22.6 Å². The monoisotopic (exact) mass is 282 g/mol. The number of aliphatic imine (C=N–C) groups is 1. The van der Waals surface area contributed by atoms with E-state index in [1.54, 1.807) is 39.0 Å². The summed E-state index contributed by atoms with van der Waals surface area (Å²) in [6.07, 6.45) is -0.555. The van der Waals surface area contributed by atoms with Gasteiger partial charge in [-0.05, 0) is 19.1 Å². The van der Waals surface area contributed by atoms with Crippen molar-refractivity contribution in [2.75, 3.05) is 0 Å². The smallest absolute Gasteiger partial charge is 0.151 e. The Morgan fingerprint density at radius 2 is 2.05 bits per heavy atom. The van der Waals surface area contributed by atoms with E-state index in [1.165, 1.54) is 6.92 Å². The summed E-state index contributed by atoms with van der Waals surface area (Å²) in [6.45, 7) is 6.74. The molecule has 4 nitrogen and oxygen atoms in total. The molecule has 0 saturated carbocycles. The molecular weight excluding hydrogens is 266 g/mol. The van der Waals surface area contributed by atoms with Gasteiger partial charge in [0.1, 0.15) is 5.78 Å². The molecule has 0 saturated heterocycles. The average Bonchev–Trinajstić information content (AvgIpc) is 2.19. The Kier molecular flexibility index (Phi) is 4.95. The second kappa shape index (κ2) is 6.06. The van der Waals surface area contributed by atoms with Gasteiger partial charge in [-0.25, -0.2) is 4.99 Å². The second-order valence-corrected chi connectivity index (χ2v) is 5.62. The molecule has 0 spiro atoms. The van der Waals surface area contributed by atoms with E-state index >= 15 is 0 Å². The van der Waals surface area contributed by atoms with Crippen molar-refractivity contribution in [3.05, 3.63) is 28.8 Å². The van der Waals surface area contributed by atoms with Crippen LogP contribution in [0.4, 0.5) is 5.69 Å².